The van der Waals surface area contributed by atoms with Crippen molar-refractivity contribution in [3.05, 3.63) is 51.4 Å². The second-order valence-corrected chi connectivity index (χ2v) is 7.74. The van der Waals surface area contributed by atoms with Crippen LogP contribution in [0.2, 0.25) is 0 Å². The zero-order valence-corrected chi connectivity index (χ0v) is 16.0. The van der Waals surface area contributed by atoms with Gasteiger partial charge in [0.15, 0.2) is 0 Å². The first-order valence-electron chi connectivity index (χ1n) is 9.02. The Labute approximate surface area is 169 Å². The number of carbonyl (C=O) groups is 4. The standard InChI is InChI=1S/C20H15N3O5S/c21-10-14-11-6-3-7-15(11)29-18(14)22-16(24)8-9-17(25)28-23-19(26)12-4-1-2-5-13(12)20(23)27/h1-2,4-5H,3,6-9H2,(H,22,24). The minimum atomic E-state index is -0.871. The molecular weight excluding hydrogens is 394 g/mol. The van der Waals surface area contributed by atoms with Crippen LogP contribution in [0.4, 0.5) is 5.00 Å². The summed E-state index contributed by atoms with van der Waals surface area (Å²) in [6.45, 7) is 0. The van der Waals surface area contributed by atoms with Crippen LogP contribution >= 0.6 is 11.3 Å². The number of benzene rings is 1. The number of carbonyl (C=O) groups excluding carboxylic acids is 4. The van der Waals surface area contributed by atoms with Crippen molar-refractivity contribution < 1.29 is 24.0 Å². The summed E-state index contributed by atoms with van der Waals surface area (Å²) < 4.78 is 0. The number of nitriles is 1. The zero-order chi connectivity index (χ0) is 20.5. The van der Waals surface area contributed by atoms with Gasteiger partial charge in [-0.2, -0.15) is 5.26 Å². The van der Waals surface area contributed by atoms with Gasteiger partial charge in [-0.3, -0.25) is 14.4 Å². The van der Waals surface area contributed by atoms with Gasteiger partial charge in [0.2, 0.25) is 5.91 Å². The van der Waals surface area contributed by atoms with Crippen LogP contribution in [-0.2, 0) is 27.3 Å². The highest BCUT2D eigenvalue weighted by Crippen LogP contribution is 2.38. The quantitative estimate of drug-likeness (QED) is 0.759. The molecule has 8 nitrogen and oxygen atoms in total. The normalized spacial score (nSPS) is 14.4. The lowest BCUT2D eigenvalue weighted by molar-refractivity contribution is -0.168. The summed E-state index contributed by atoms with van der Waals surface area (Å²) in [6, 6.07) is 8.30. The van der Waals surface area contributed by atoms with Crippen LogP contribution in [0, 0.1) is 11.3 Å². The molecule has 1 N–H and O–H groups in total. The van der Waals surface area contributed by atoms with Crippen molar-refractivity contribution in [3.63, 3.8) is 0 Å². The van der Waals surface area contributed by atoms with Crippen LogP contribution in [-0.4, -0.2) is 28.8 Å². The molecule has 0 fully saturated rings. The number of nitrogens with one attached hydrogen (secondary N) is 1. The molecule has 0 saturated carbocycles. The molecule has 0 atom stereocenters. The fourth-order valence-electron chi connectivity index (χ4n) is 3.41. The molecule has 29 heavy (non-hydrogen) atoms. The van der Waals surface area contributed by atoms with E-state index in [0.29, 0.717) is 15.6 Å². The number of hydroxylamine groups is 2. The van der Waals surface area contributed by atoms with Gasteiger partial charge in [0, 0.05) is 11.3 Å². The number of fused-ring (bicyclic) bond motifs is 2. The molecule has 0 bridgehead atoms. The minimum absolute atomic E-state index is 0.165. The molecule has 0 spiro atoms. The maximum Gasteiger partial charge on any atom is 0.333 e. The van der Waals surface area contributed by atoms with E-state index in [2.05, 4.69) is 11.4 Å². The van der Waals surface area contributed by atoms with Gasteiger partial charge < -0.3 is 10.2 Å². The molecule has 1 aromatic heterocycles. The number of thiophene rings is 1. The van der Waals surface area contributed by atoms with Crippen LogP contribution in [0.5, 0.6) is 0 Å². The number of anilines is 1. The molecule has 1 aliphatic carbocycles. The Kier molecular flexibility index (Phi) is 4.86. The molecule has 2 aromatic rings. The highest BCUT2D eigenvalue weighted by atomic mass is 32.1. The Morgan fingerprint density at radius 1 is 1.14 bits per heavy atom. The van der Waals surface area contributed by atoms with Crippen LogP contribution in [0.1, 0.15) is 56.0 Å². The maximum absolute atomic E-state index is 12.2. The van der Waals surface area contributed by atoms with E-state index in [1.807, 2.05) is 0 Å². The van der Waals surface area contributed by atoms with Crippen LogP contribution in [0.15, 0.2) is 24.3 Å². The Balaban J connectivity index is 1.33. The van der Waals surface area contributed by atoms with E-state index in [0.717, 1.165) is 29.7 Å². The molecule has 2 aliphatic rings. The third kappa shape index (κ3) is 3.39. The molecule has 0 saturated heterocycles. The highest BCUT2D eigenvalue weighted by molar-refractivity contribution is 7.16. The highest BCUT2D eigenvalue weighted by Gasteiger charge is 2.38. The molecule has 0 radical (unpaired) electrons. The fraction of sp³-hybridized carbons (Fsp3) is 0.250. The van der Waals surface area contributed by atoms with Gasteiger partial charge in [-0.1, -0.05) is 17.2 Å². The minimum Gasteiger partial charge on any atom is -0.330 e. The van der Waals surface area contributed by atoms with Crippen molar-refractivity contribution in [2.45, 2.75) is 32.1 Å². The van der Waals surface area contributed by atoms with Gasteiger partial charge in [-0.25, -0.2) is 4.79 Å². The average molecular weight is 409 g/mol. The summed E-state index contributed by atoms with van der Waals surface area (Å²) in [4.78, 5) is 54.6. The largest absolute Gasteiger partial charge is 0.333 e. The molecule has 4 rings (SSSR count). The summed E-state index contributed by atoms with van der Waals surface area (Å²) in [5, 5.41) is 12.9. The van der Waals surface area contributed by atoms with Crippen molar-refractivity contribution in [1.82, 2.24) is 5.06 Å². The number of hydrogen-bond donors (Lipinski definition) is 1. The summed E-state index contributed by atoms with van der Waals surface area (Å²) in [6.07, 6.45) is 2.23. The number of nitrogens with zero attached hydrogens (tertiary/aromatic N) is 2. The van der Waals surface area contributed by atoms with E-state index in [4.69, 9.17) is 4.84 Å². The van der Waals surface area contributed by atoms with Crippen molar-refractivity contribution in [2.75, 3.05) is 5.32 Å². The van der Waals surface area contributed by atoms with Crippen molar-refractivity contribution in [3.8, 4) is 6.07 Å². The molecule has 146 valence electrons. The first-order chi connectivity index (χ1) is 14.0. The van der Waals surface area contributed by atoms with Crippen LogP contribution < -0.4 is 5.32 Å². The van der Waals surface area contributed by atoms with E-state index in [9.17, 15) is 24.4 Å². The summed E-state index contributed by atoms with van der Waals surface area (Å²) in [5.41, 5.74) is 1.82. The number of amides is 3. The monoisotopic (exact) mass is 409 g/mol. The predicted molar refractivity (Wildman–Crippen MR) is 102 cm³/mol. The molecule has 0 unspecified atom stereocenters. The second-order valence-electron chi connectivity index (χ2n) is 6.64. The SMILES string of the molecule is N#Cc1c(NC(=O)CCC(=O)ON2C(=O)c3ccccc3C2=O)sc2c1CCC2. The first kappa shape index (κ1) is 18.8. The molecule has 2 heterocycles. The lowest BCUT2D eigenvalue weighted by Gasteiger charge is -2.12. The Morgan fingerprint density at radius 2 is 1.83 bits per heavy atom. The lowest BCUT2D eigenvalue weighted by Crippen LogP contribution is -2.32. The van der Waals surface area contributed by atoms with Crippen LogP contribution in [0.25, 0.3) is 0 Å². The van der Waals surface area contributed by atoms with Gasteiger partial charge in [-0.15, -0.1) is 11.3 Å². The van der Waals surface area contributed by atoms with Gasteiger partial charge >= 0.3 is 5.97 Å². The van der Waals surface area contributed by atoms with E-state index in [1.54, 1.807) is 12.1 Å². The molecule has 1 aliphatic heterocycles. The van der Waals surface area contributed by atoms with E-state index >= 15 is 0 Å². The first-order valence-corrected chi connectivity index (χ1v) is 9.84. The van der Waals surface area contributed by atoms with E-state index in [1.165, 1.54) is 23.5 Å². The Bertz CT molecular complexity index is 1060. The molecule has 1 aromatic carbocycles. The van der Waals surface area contributed by atoms with E-state index < -0.39 is 23.7 Å². The lowest BCUT2D eigenvalue weighted by atomic mass is 10.1. The van der Waals surface area contributed by atoms with Gasteiger partial charge in [-0.05, 0) is 37.0 Å². The number of imide groups is 1. The summed E-state index contributed by atoms with van der Waals surface area (Å²) >= 11 is 1.39. The van der Waals surface area contributed by atoms with E-state index in [-0.39, 0.29) is 24.0 Å². The number of aryl methyl sites for hydroxylation is 1. The predicted octanol–water partition coefficient (Wildman–Crippen LogP) is 2.58. The fourth-order valence-corrected chi connectivity index (χ4v) is 4.67. The van der Waals surface area contributed by atoms with Gasteiger partial charge in [0.25, 0.3) is 11.8 Å². The Morgan fingerprint density at radius 3 is 2.48 bits per heavy atom. The number of hydrogen-bond acceptors (Lipinski definition) is 7. The van der Waals surface area contributed by atoms with Crippen molar-refractivity contribution >= 4 is 40.0 Å². The topological polar surface area (TPSA) is 117 Å². The van der Waals surface area contributed by atoms with Crippen molar-refractivity contribution in [2.24, 2.45) is 0 Å². The van der Waals surface area contributed by atoms with Crippen LogP contribution in [0.3, 0.4) is 0 Å². The third-order valence-electron chi connectivity index (χ3n) is 4.79. The molecule has 3 amide bonds. The second kappa shape index (κ2) is 7.48. The smallest absolute Gasteiger partial charge is 0.330 e. The maximum atomic E-state index is 12.2. The van der Waals surface area contributed by atoms with Gasteiger partial charge in [0.1, 0.15) is 11.1 Å². The van der Waals surface area contributed by atoms with Crippen molar-refractivity contribution in [1.29, 1.82) is 5.26 Å². The molecular formula is C20H15N3O5S. The Hall–Kier alpha value is -3.51. The average Bonchev–Trinajstić information content (AvgIpc) is 3.35. The summed E-state index contributed by atoms with van der Waals surface area (Å²) in [7, 11) is 0. The zero-order valence-electron chi connectivity index (χ0n) is 15.2. The third-order valence-corrected chi connectivity index (χ3v) is 6.00. The molecule has 9 heteroatoms. The number of rotatable bonds is 5. The summed E-state index contributed by atoms with van der Waals surface area (Å²) in [5.74, 6) is -2.74. The van der Waals surface area contributed by atoms with Gasteiger partial charge in [0.05, 0.1) is 23.1 Å².